The van der Waals surface area contributed by atoms with Crippen LogP contribution in [-0.2, 0) is 0 Å². The van der Waals surface area contributed by atoms with Crippen molar-refractivity contribution < 1.29 is 4.74 Å². The average molecular weight is 289 g/mol. The predicted octanol–water partition coefficient (Wildman–Crippen LogP) is 5.01. The molecule has 1 aromatic carbocycles. The van der Waals surface area contributed by atoms with Crippen molar-refractivity contribution in [3.05, 3.63) is 29.3 Å². The second-order valence-corrected chi connectivity index (χ2v) is 6.71. The Morgan fingerprint density at radius 2 is 2.14 bits per heavy atom. The van der Waals surface area contributed by atoms with Crippen LogP contribution in [0.3, 0.4) is 0 Å². The van der Waals surface area contributed by atoms with Crippen LogP contribution in [-0.4, -0.2) is 12.6 Å². The lowest BCUT2D eigenvalue weighted by atomic mass is 9.88. The van der Waals surface area contributed by atoms with E-state index < -0.39 is 0 Å². The van der Waals surface area contributed by atoms with Gasteiger partial charge in [0.1, 0.15) is 5.75 Å². The summed E-state index contributed by atoms with van der Waals surface area (Å²) in [5.41, 5.74) is 2.61. The quantitative estimate of drug-likeness (QED) is 0.794. The first-order valence-corrected chi connectivity index (χ1v) is 8.60. The number of nitrogens with one attached hydrogen (secondary N) is 1. The first kappa shape index (κ1) is 16.4. The number of hydrogen-bond acceptors (Lipinski definition) is 2. The molecule has 0 saturated heterocycles. The van der Waals surface area contributed by atoms with Gasteiger partial charge in [0.05, 0.1) is 6.10 Å². The number of aryl methyl sites for hydroxylation is 1. The van der Waals surface area contributed by atoms with Gasteiger partial charge in [-0.05, 0) is 69.2 Å². The number of rotatable bonds is 6. The van der Waals surface area contributed by atoms with Gasteiger partial charge in [-0.2, -0.15) is 0 Å². The van der Waals surface area contributed by atoms with Crippen LogP contribution in [0.4, 0.5) is 0 Å². The molecule has 0 spiro atoms. The van der Waals surface area contributed by atoms with E-state index in [0.29, 0.717) is 12.1 Å². The lowest BCUT2D eigenvalue weighted by Crippen LogP contribution is -2.24. The highest BCUT2D eigenvalue weighted by molar-refractivity contribution is 5.37. The molecule has 3 unspecified atom stereocenters. The van der Waals surface area contributed by atoms with Crippen molar-refractivity contribution in [3.63, 3.8) is 0 Å². The van der Waals surface area contributed by atoms with E-state index in [1.165, 1.54) is 43.2 Å². The third-order valence-corrected chi connectivity index (χ3v) is 4.58. The SMILES string of the molecule is CCCNC(C)c1ccc(OC2CCCC(C)C2)c(C)c1. The minimum absolute atomic E-state index is 0.410. The second-order valence-electron chi connectivity index (χ2n) is 6.71. The van der Waals surface area contributed by atoms with Crippen LogP contribution in [0.15, 0.2) is 18.2 Å². The molecule has 1 saturated carbocycles. The van der Waals surface area contributed by atoms with Gasteiger partial charge in [0.25, 0.3) is 0 Å². The summed E-state index contributed by atoms with van der Waals surface area (Å²) < 4.78 is 6.25. The maximum atomic E-state index is 6.25. The molecule has 118 valence electrons. The van der Waals surface area contributed by atoms with E-state index >= 15 is 0 Å². The van der Waals surface area contributed by atoms with Crippen molar-refractivity contribution in [2.45, 2.75) is 71.9 Å². The van der Waals surface area contributed by atoms with Crippen molar-refractivity contribution in [1.29, 1.82) is 0 Å². The van der Waals surface area contributed by atoms with E-state index in [1.54, 1.807) is 0 Å². The van der Waals surface area contributed by atoms with Gasteiger partial charge >= 0.3 is 0 Å². The van der Waals surface area contributed by atoms with Gasteiger partial charge in [-0.15, -0.1) is 0 Å². The lowest BCUT2D eigenvalue weighted by molar-refractivity contribution is 0.128. The van der Waals surface area contributed by atoms with E-state index in [0.717, 1.165) is 18.2 Å². The van der Waals surface area contributed by atoms with Crippen molar-refractivity contribution in [2.75, 3.05) is 6.54 Å². The maximum absolute atomic E-state index is 6.25. The molecule has 21 heavy (non-hydrogen) atoms. The summed E-state index contributed by atoms with van der Waals surface area (Å²) in [4.78, 5) is 0. The van der Waals surface area contributed by atoms with Crippen molar-refractivity contribution >= 4 is 0 Å². The topological polar surface area (TPSA) is 21.3 Å². The summed E-state index contributed by atoms with van der Waals surface area (Å²) in [6.07, 6.45) is 6.66. The van der Waals surface area contributed by atoms with Crippen LogP contribution >= 0.6 is 0 Å². The summed E-state index contributed by atoms with van der Waals surface area (Å²) >= 11 is 0. The minimum atomic E-state index is 0.410. The van der Waals surface area contributed by atoms with Gasteiger partial charge in [-0.3, -0.25) is 0 Å². The Balaban J connectivity index is 1.98. The Morgan fingerprint density at radius 3 is 2.81 bits per heavy atom. The zero-order valence-corrected chi connectivity index (χ0v) is 14.1. The molecule has 0 aromatic heterocycles. The molecular weight excluding hydrogens is 258 g/mol. The largest absolute Gasteiger partial charge is 0.490 e. The van der Waals surface area contributed by atoms with Crippen LogP contribution in [0.2, 0.25) is 0 Å². The molecule has 2 nitrogen and oxygen atoms in total. The maximum Gasteiger partial charge on any atom is 0.122 e. The summed E-state index contributed by atoms with van der Waals surface area (Å²) in [6.45, 7) is 10.0. The molecule has 3 atom stereocenters. The molecule has 0 bridgehead atoms. The molecular formula is C19H31NO. The monoisotopic (exact) mass is 289 g/mol. The fourth-order valence-electron chi connectivity index (χ4n) is 3.22. The van der Waals surface area contributed by atoms with E-state index in [4.69, 9.17) is 4.74 Å². The standard InChI is InChI=1S/C19H31NO/c1-5-11-20-16(4)17-9-10-19(15(3)13-17)21-18-8-6-7-14(2)12-18/h9-10,13-14,16,18,20H,5-8,11-12H2,1-4H3. The molecule has 1 aliphatic carbocycles. The molecule has 0 aliphatic heterocycles. The predicted molar refractivity (Wildman–Crippen MR) is 89.9 cm³/mol. The van der Waals surface area contributed by atoms with Gasteiger partial charge in [-0.25, -0.2) is 0 Å². The van der Waals surface area contributed by atoms with E-state index in [-0.39, 0.29) is 0 Å². The Hall–Kier alpha value is -1.02. The normalized spacial score (nSPS) is 23.8. The van der Waals surface area contributed by atoms with Crippen LogP contribution in [0.25, 0.3) is 0 Å². The molecule has 0 amide bonds. The minimum Gasteiger partial charge on any atom is -0.490 e. The third-order valence-electron chi connectivity index (χ3n) is 4.58. The zero-order valence-electron chi connectivity index (χ0n) is 14.1. The average Bonchev–Trinajstić information content (AvgIpc) is 2.47. The number of benzene rings is 1. The van der Waals surface area contributed by atoms with Gasteiger partial charge in [0.2, 0.25) is 0 Å². The highest BCUT2D eigenvalue weighted by atomic mass is 16.5. The van der Waals surface area contributed by atoms with Gasteiger partial charge in [-0.1, -0.05) is 32.4 Å². The number of hydrogen-bond donors (Lipinski definition) is 1. The van der Waals surface area contributed by atoms with Gasteiger partial charge in [0.15, 0.2) is 0 Å². The Morgan fingerprint density at radius 1 is 1.33 bits per heavy atom. The summed E-state index contributed by atoms with van der Waals surface area (Å²) in [6, 6.07) is 7.05. The van der Waals surface area contributed by atoms with Crippen molar-refractivity contribution in [3.8, 4) is 5.75 Å². The molecule has 1 aliphatic rings. The van der Waals surface area contributed by atoms with Gasteiger partial charge in [0, 0.05) is 6.04 Å². The fraction of sp³-hybridized carbons (Fsp3) is 0.684. The molecule has 0 radical (unpaired) electrons. The number of ether oxygens (including phenoxy) is 1. The zero-order chi connectivity index (χ0) is 15.2. The van der Waals surface area contributed by atoms with Crippen LogP contribution < -0.4 is 10.1 Å². The van der Waals surface area contributed by atoms with Gasteiger partial charge < -0.3 is 10.1 Å². The van der Waals surface area contributed by atoms with E-state index in [9.17, 15) is 0 Å². The first-order chi connectivity index (χ1) is 10.1. The molecule has 1 aromatic rings. The smallest absolute Gasteiger partial charge is 0.122 e. The second kappa shape index (κ2) is 7.84. The molecule has 2 rings (SSSR count). The van der Waals surface area contributed by atoms with Crippen LogP contribution in [0.1, 0.15) is 70.0 Å². The summed E-state index contributed by atoms with van der Waals surface area (Å²) in [5, 5.41) is 3.54. The third kappa shape index (κ3) is 4.74. The lowest BCUT2D eigenvalue weighted by Gasteiger charge is -2.28. The van der Waals surface area contributed by atoms with Crippen molar-refractivity contribution in [1.82, 2.24) is 5.32 Å². The molecule has 1 fully saturated rings. The van der Waals surface area contributed by atoms with Crippen molar-refractivity contribution in [2.24, 2.45) is 5.92 Å². The highest BCUT2D eigenvalue weighted by Gasteiger charge is 2.20. The summed E-state index contributed by atoms with van der Waals surface area (Å²) in [7, 11) is 0. The summed E-state index contributed by atoms with van der Waals surface area (Å²) in [5.74, 6) is 1.88. The Bertz CT molecular complexity index is 443. The Labute approximate surface area is 130 Å². The van der Waals surface area contributed by atoms with E-state index in [1.807, 2.05) is 0 Å². The highest BCUT2D eigenvalue weighted by Crippen LogP contribution is 2.30. The van der Waals surface area contributed by atoms with Crippen LogP contribution in [0.5, 0.6) is 5.75 Å². The first-order valence-electron chi connectivity index (χ1n) is 8.60. The fourth-order valence-corrected chi connectivity index (χ4v) is 3.22. The molecule has 2 heteroatoms. The molecule has 1 N–H and O–H groups in total. The molecule has 0 heterocycles. The Kier molecular flexibility index (Phi) is 6.10. The van der Waals surface area contributed by atoms with Crippen LogP contribution in [0, 0.1) is 12.8 Å². The van der Waals surface area contributed by atoms with E-state index in [2.05, 4.69) is 51.2 Å².